The van der Waals surface area contributed by atoms with Gasteiger partial charge in [0.05, 0.1) is 9.99 Å². The van der Waals surface area contributed by atoms with Crippen LogP contribution in [0.25, 0.3) is 10.9 Å². The third-order valence-corrected chi connectivity index (χ3v) is 4.30. The average molecular weight is 393 g/mol. The average Bonchev–Trinajstić information content (AvgIpc) is 2.48. The molecule has 0 unspecified atom stereocenters. The second kappa shape index (κ2) is 5.94. The van der Waals surface area contributed by atoms with Gasteiger partial charge in [-0.05, 0) is 43.5 Å². The zero-order valence-corrected chi connectivity index (χ0v) is 13.7. The molecule has 0 fully saturated rings. The Morgan fingerprint density at radius 1 is 0.900 bits per heavy atom. The van der Waals surface area contributed by atoms with E-state index in [9.17, 15) is 0 Å². The van der Waals surface area contributed by atoms with Crippen molar-refractivity contribution in [2.24, 2.45) is 0 Å². The quantitative estimate of drug-likeness (QED) is 0.561. The van der Waals surface area contributed by atoms with Gasteiger partial charge in [0, 0.05) is 5.39 Å². The standard InChI is InChI=1S/C16H11Br2NO/c17-14-12-8-4-5-9-13(12)19-16(18)15(14)20-10-11-6-2-1-3-7-11/h1-9H,10H2. The predicted octanol–water partition coefficient (Wildman–Crippen LogP) is 5.34. The van der Waals surface area contributed by atoms with Gasteiger partial charge < -0.3 is 4.74 Å². The maximum Gasteiger partial charge on any atom is 0.167 e. The number of halogens is 2. The molecule has 100 valence electrons. The summed E-state index contributed by atoms with van der Waals surface area (Å²) in [5.41, 5.74) is 2.05. The fraction of sp³-hybridized carbons (Fsp3) is 0.0625. The van der Waals surface area contributed by atoms with Gasteiger partial charge in [0.25, 0.3) is 0 Å². The SMILES string of the molecule is Brc1nc2ccccc2c(Br)c1OCc1ccccc1. The molecular weight excluding hydrogens is 382 g/mol. The van der Waals surface area contributed by atoms with Crippen molar-refractivity contribution >= 4 is 42.8 Å². The zero-order valence-electron chi connectivity index (χ0n) is 10.5. The van der Waals surface area contributed by atoms with Crippen molar-refractivity contribution in [3.63, 3.8) is 0 Å². The van der Waals surface area contributed by atoms with Gasteiger partial charge in [-0.3, -0.25) is 0 Å². The first-order valence-corrected chi connectivity index (χ1v) is 7.75. The highest BCUT2D eigenvalue weighted by molar-refractivity contribution is 9.11. The minimum Gasteiger partial charge on any atom is -0.485 e. The van der Waals surface area contributed by atoms with Crippen molar-refractivity contribution in [1.82, 2.24) is 4.98 Å². The summed E-state index contributed by atoms with van der Waals surface area (Å²) in [5.74, 6) is 0.729. The first kappa shape index (κ1) is 13.6. The van der Waals surface area contributed by atoms with Crippen LogP contribution in [0.4, 0.5) is 0 Å². The lowest BCUT2D eigenvalue weighted by molar-refractivity contribution is 0.301. The molecule has 0 aliphatic carbocycles. The van der Waals surface area contributed by atoms with E-state index in [0.717, 1.165) is 26.7 Å². The summed E-state index contributed by atoms with van der Waals surface area (Å²) in [6, 6.07) is 18.0. The summed E-state index contributed by atoms with van der Waals surface area (Å²) < 4.78 is 7.54. The van der Waals surface area contributed by atoms with Crippen molar-refractivity contribution in [2.45, 2.75) is 6.61 Å². The molecule has 4 heteroatoms. The monoisotopic (exact) mass is 391 g/mol. The molecule has 0 saturated carbocycles. The Labute approximate surface area is 134 Å². The van der Waals surface area contributed by atoms with Gasteiger partial charge in [0.15, 0.2) is 5.75 Å². The normalized spacial score (nSPS) is 10.7. The molecule has 0 spiro atoms. The van der Waals surface area contributed by atoms with E-state index in [0.29, 0.717) is 11.2 Å². The van der Waals surface area contributed by atoms with Crippen LogP contribution in [0.3, 0.4) is 0 Å². The van der Waals surface area contributed by atoms with E-state index in [-0.39, 0.29) is 0 Å². The molecule has 0 amide bonds. The van der Waals surface area contributed by atoms with Crippen LogP contribution in [0, 0.1) is 0 Å². The molecular formula is C16H11Br2NO. The zero-order chi connectivity index (χ0) is 13.9. The molecule has 2 aromatic carbocycles. The third kappa shape index (κ3) is 2.72. The van der Waals surface area contributed by atoms with Crippen molar-refractivity contribution < 1.29 is 4.74 Å². The molecule has 0 radical (unpaired) electrons. The van der Waals surface area contributed by atoms with Crippen LogP contribution in [-0.2, 0) is 6.61 Å². The highest BCUT2D eigenvalue weighted by Crippen LogP contribution is 2.37. The second-order valence-corrected chi connectivity index (χ2v) is 5.88. The third-order valence-electron chi connectivity index (χ3n) is 2.97. The van der Waals surface area contributed by atoms with Gasteiger partial charge in [-0.25, -0.2) is 4.98 Å². The topological polar surface area (TPSA) is 22.1 Å². The molecule has 3 aromatic rings. The van der Waals surface area contributed by atoms with E-state index in [1.165, 1.54) is 0 Å². The minimum atomic E-state index is 0.512. The Kier molecular flexibility index (Phi) is 4.03. The highest BCUT2D eigenvalue weighted by atomic mass is 79.9. The van der Waals surface area contributed by atoms with Crippen LogP contribution in [-0.4, -0.2) is 4.98 Å². The summed E-state index contributed by atoms with van der Waals surface area (Å²) in [5, 5.41) is 1.04. The number of ether oxygens (including phenoxy) is 1. The van der Waals surface area contributed by atoms with Gasteiger partial charge in [0.2, 0.25) is 0 Å². The molecule has 0 N–H and O–H groups in total. The van der Waals surface area contributed by atoms with Crippen LogP contribution < -0.4 is 4.74 Å². The number of rotatable bonds is 3. The summed E-state index contributed by atoms with van der Waals surface area (Å²) in [7, 11) is 0. The van der Waals surface area contributed by atoms with Gasteiger partial charge in [0.1, 0.15) is 11.2 Å². The summed E-state index contributed by atoms with van der Waals surface area (Å²) in [6.45, 7) is 0.512. The molecule has 0 saturated heterocycles. The molecule has 1 heterocycles. The largest absolute Gasteiger partial charge is 0.485 e. The molecule has 1 aromatic heterocycles. The van der Waals surface area contributed by atoms with Crippen molar-refractivity contribution in [3.05, 3.63) is 69.2 Å². The van der Waals surface area contributed by atoms with E-state index in [1.807, 2.05) is 54.6 Å². The molecule has 2 nitrogen and oxygen atoms in total. The first-order chi connectivity index (χ1) is 9.75. The van der Waals surface area contributed by atoms with E-state index >= 15 is 0 Å². The maximum atomic E-state index is 5.91. The molecule has 20 heavy (non-hydrogen) atoms. The van der Waals surface area contributed by atoms with Crippen molar-refractivity contribution in [1.29, 1.82) is 0 Å². The van der Waals surface area contributed by atoms with E-state index in [4.69, 9.17) is 4.74 Å². The maximum absolute atomic E-state index is 5.91. The molecule has 0 aliphatic heterocycles. The van der Waals surface area contributed by atoms with E-state index in [2.05, 4.69) is 36.8 Å². The molecule has 3 rings (SSSR count). The van der Waals surface area contributed by atoms with Crippen LogP contribution in [0.1, 0.15) is 5.56 Å². The van der Waals surface area contributed by atoms with Crippen LogP contribution in [0.5, 0.6) is 5.75 Å². The van der Waals surface area contributed by atoms with E-state index < -0.39 is 0 Å². The van der Waals surface area contributed by atoms with Crippen LogP contribution in [0.2, 0.25) is 0 Å². The minimum absolute atomic E-state index is 0.512. The van der Waals surface area contributed by atoms with Gasteiger partial charge in [-0.1, -0.05) is 48.5 Å². The number of para-hydroxylation sites is 1. The molecule has 0 aliphatic rings. The van der Waals surface area contributed by atoms with Gasteiger partial charge >= 0.3 is 0 Å². The predicted molar refractivity (Wildman–Crippen MR) is 87.9 cm³/mol. The lowest BCUT2D eigenvalue weighted by atomic mass is 10.2. The van der Waals surface area contributed by atoms with Crippen LogP contribution in [0.15, 0.2) is 63.7 Å². The number of nitrogens with zero attached hydrogens (tertiary/aromatic N) is 1. The van der Waals surface area contributed by atoms with Gasteiger partial charge in [-0.15, -0.1) is 0 Å². The highest BCUT2D eigenvalue weighted by Gasteiger charge is 2.12. The van der Waals surface area contributed by atoms with E-state index in [1.54, 1.807) is 0 Å². The number of hydrogen-bond donors (Lipinski definition) is 0. The Balaban J connectivity index is 1.95. The summed E-state index contributed by atoms with van der Waals surface area (Å²) in [6.07, 6.45) is 0. The number of aromatic nitrogens is 1. The summed E-state index contributed by atoms with van der Waals surface area (Å²) in [4.78, 5) is 4.51. The fourth-order valence-corrected chi connectivity index (χ4v) is 3.39. The number of fused-ring (bicyclic) bond motifs is 1. The molecule has 0 bridgehead atoms. The van der Waals surface area contributed by atoms with Gasteiger partial charge in [-0.2, -0.15) is 0 Å². The smallest absolute Gasteiger partial charge is 0.167 e. The van der Waals surface area contributed by atoms with Crippen molar-refractivity contribution in [3.8, 4) is 5.75 Å². The lowest BCUT2D eigenvalue weighted by Gasteiger charge is -2.12. The Morgan fingerprint density at radius 2 is 1.60 bits per heavy atom. The number of benzene rings is 2. The lowest BCUT2D eigenvalue weighted by Crippen LogP contribution is -1.98. The Hall–Kier alpha value is -1.39. The first-order valence-electron chi connectivity index (χ1n) is 6.16. The molecule has 0 atom stereocenters. The van der Waals surface area contributed by atoms with Crippen molar-refractivity contribution in [2.75, 3.05) is 0 Å². The fourth-order valence-electron chi connectivity index (χ4n) is 1.98. The number of pyridine rings is 1. The Morgan fingerprint density at radius 3 is 2.40 bits per heavy atom. The second-order valence-electron chi connectivity index (χ2n) is 4.34. The number of hydrogen-bond acceptors (Lipinski definition) is 2. The van der Waals surface area contributed by atoms with Crippen LogP contribution >= 0.6 is 31.9 Å². The Bertz CT molecular complexity index is 744. The summed E-state index contributed by atoms with van der Waals surface area (Å²) >= 11 is 7.09.